The molecular formula is C49H31N3O. The molecule has 0 atom stereocenters. The summed E-state index contributed by atoms with van der Waals surface area (Å²) in [5, 5.41) is 4.59. The Kier molecular flexibility index (Phi) is 7.43. The maximum Gasteiger partial charge on any atom is 0.164 e. The van der Waals surface area contributed by atoms with E-state index in [-0.39, 0.29) is 0 Å². The molecule has 0 radical (unpaired) electrons. The Balaban J connectivity index is 1.04. The Hall–Kier alpha value is -7.17. The second kappa shape index (κ2) is 12.9. The second-order valence-electron chi connectivity index (χ2n) is 13.3. The Morgan fingerprint density at radius 3 is 1.47 bits per heavy atom. The lowest BCUT2D eigenvalue weighted by molar-refractivity contribution is 0.669. The largest absolute Gasteiger partial charge is 0.456 e. The third-order valence-electron chi connectivity index (χ3n) is 9.93. The van der Waals surface area contributed by atoms with Gasteiger partial charge in [0, 0.05) is 27.5 Å². The molecule has 0 amide bonds. The smallest absolute Gasteiger partial charge is 0.164 e. The topological polar surface area (TPSA) is 51.8 Å². The Bertz CT molecular complexity index is 2910. The normalized spacial score (nSPS) is 11.4. The van der Waals surface area contributed by atoms with E-state index in [1.54, 1.807) is 0 Å². The highest BCUT2D eigenvalue weighted by atomic mass is 16.3. The number of furan rings is 1. The van der Waals surface area contributed by atoms with Gasteiger partial charge in [0.2, 0.25) is 0 Å². The summed E-state index contributed by atoms with van der Waals surface area (Å²) in [6, 6.07) is 65.2. The molecular weight excluding hydrogens is 647 g/mol. The van der Waals surface area contributed by atoms with Gasteiger partial charge in [0.25, 0.3) is 0 Å². The van der Waals surface area contributed by atoms with E-state index >= 15 is 0 Å². The molecule has 0 N–H and O–H groups in total. The van der Waals surface area contributed by atoms with E-state index in [0.717, 1.165) is 60.9 Å². The van der Waals surface area contributed by atoms with Crippen LogP contribution in [0.25, 0.3) is 100 Å². The predicted octanol–water partition coefficient (Wildman–Crippen LogP) is 12.9. The highest BCUT2D eigenvalue weighted by Crippen LogP contribution is 2.39. The first-order chi connectivity index (χ1) is 26.2. The van der Waals surface area contributed by atoms with Crippen LogP contribution < -0.4 is 0 Å². The van der Waals surface area contributed by atoms with Crippen LogP contribution in [0.5, 0.6) is 0 Å². The number of rotatable bonds is 6. The SMILES string of the molecule is c1ccc(-c2ccc(-c3cccc(-c4nc(-c5ccccc5)nc(-c5ccc(-c6cccc7oc8cc9ccccc9cc8c67)cc5)n4)c3)cc2)cc1. The zero-order valence-electron chi connectivity index (χ0n) is 28.6. The highest BCUT2D eigenvalue weighted by Gasteiger charge is 2.16. The van der Waals surface area contributed by atoms with Crippen molar-refractivity contribution in [2.75, 3.05) is 0 Å². The van der Waals surface area contributed by atoms with E-state index in [1.807, 2.05) is 42.5 Å². The van der Waals surface area contributed by atoms with Gasteiger partial charge >= 0.3 is 0 Å². The van der Waals surface area contributed by atoms with Crippen LogP contribution in [0.2, 0.25) is 0 Å². The number of hydrogen-bond acceptors (Lipinski definition) is 4. The predicted molar refractivity (Wildman–Crippen MR) is 217 cm³/mol. The lowest BCUT2D eigenvalue weighted by Gasteiger charge is -2.11. The standard InChI is InChI=1S/C49H31N3O/c1-3-11-32(12-4-1)33-21-23-34(24-22-33)38-17-9-18-41(29-38)49-51-47(36-13-5-2-6-14-36)50-48(52-49)37-27-25-35(26-28-37)42-19-10-20-44-46(42)43-30-39-15-7-8-16-40(39)31-45(43)53-44/h1-31H. The second-order valence-corrected chi connectivity index (χ2v) is 13.3. The third-order valence-corrected chi connectivity index (χ3v) is 9.93. The molecule has 0 fully saturated rings. The Labute approximate surface area is 306 Å². The molecule has 4 heteroatoms. The molecule has 0 spiro atoms. The van der Waals surface area contributed by atoms with Gasteiger partial charge in [-0.05, 0) is 68.4 Å². The third kappa shape index (κ3) is 5.73. The van der Waals surface area contributed by atoms with Crippen molar-refractivity contribution in [3.63, 3.8) is 0 Å². The summed E-state index contributed by atoms with van der Waals surface area (Å²) in [4.78, 5) is 15.1. The van der Waals surface area contributed by atoms with Gasteiger partial charge in [0.05, 0.1) is 0 Å². The summed E-state index contributed by atoms with van der Waals surface area (Å²) in [6.07, 6.45) is 0. The van der Waals surface area contributed by atoms with Crippen LogP contribution in [0.1, 0.15) is 0 Å². The van der Waals surface area contributed by atoms with Gasteiger partial charge < -0.3 is 4.42 Å². The molecule has 8 aromatic carbocycles. The molecule has 0 bridgehead atoms. The molecule has 10 rings (SSSR count). The summed E-state index contributed by atoms with van der Waals surface area (Å²) in [6.45, 7) is 0. The molecule has 0 saturated heterocycles. The summed E-state index contributed by atoms with van der Waals surface area (Å²) in [7, 11) is 0. The number of nitrogens with zero attached hydrogens (tertiary/aromatic N) is 3. The summed E-state index contributed by atoms with van der Waals surface area (Å²) >= 11 is 0. The minimum Gasteiger partial charge on any atom is -0.456 e. The number of benzene rings is 8. The van der Waals surface area contributed by atoms with Gasteiger partial charge in [-0.15, -0.1) is 0 Å². The average Bonchev–Trinajstić information content (AvgIpc) is 3.61. The fourth-order valence-electron chi connectivity index (χ4n) is 7.23. The zero-order valence-corrected chi connectivity index (χ0v) is 28.6. The van der Waals surface area contributed by atoms with Crippen molar-refractivity contribution in [2.45, 2.75) is 0 Å². The van der Waals surface area contributed by atoms with E-state index in [2.05, 4.69) is 146 Å². The van der Waals surface area contributed by atoms with Gasteiger partial charge in [0.15, 0.2) is 17.5 Å². The Morgan fingerprint density at radius 2 is 0.774 bits per heavy atom. The quantitative estimate of drug-likeness (QED) is 0.176. The van der Waals surface area contributed by atoms with E-state index < -0.39 is 0 Å². The summed E-state index contributed by atoms with van der Waals surface area (Å²) in [5.41, 5.74) is 11.4. The van der Waals surface area contributed by atoms with E-state index in [9.17, 15) is 0 Å². The van der Waals surface area contributed by atoms with Crippen molar-refractivity contribution in [2.24, 2.45) is 0 Å². The van der Waals surface area contributed by atoms with Crippen molar-refractivity contribution in [3.8, 4) is 67.5 Å². The molecule has 0 aliphatic heterocycles. The molecule has 0 aliphatic rings. The van der Waals surface area contributed by atoms with Crippen LogP contribution in [0.15, 0.2) is 192 Å². The van der Waals surface area contributed by atoms with Gasteiger partial charge in [-0.1, -0.05) is 164 Å². The van der Waals surface area contributed by atoms with Gasteiger partial charge in [-0.25, -0.2) is 15.0 Å². The van der Waals surface area contributed by atoms with Crippen LogP contribution in [-0.2, 0) is 0 Å². The Morgan fingerprint density at radius 1 is 0.302 bits per heavy atom. The number of aromatic nitrogens is 3. The lowest BCUT2D eigenvalue weighted by Crippen LogP contribution is -2.00. The van der Waals surface area contributed by atoms with E-state index in [1.165, 1.54) is 21.9 Å². The van der Waals surface area contributed by atoms with Crippen molar-refractivity contribution in [3.05, 3.63) is 188 Å². The lowest BCUT2D eigenvalue weighted by atomic mass is 9.97. The zero-order chi connectivity index (χ0) is 35.1. The van der Waals surface area contributed by atoms with Crippen LogP contribution in [0.4, 0.5) is 0 Å². The minimum atomic E-state index is 0.622. The van der Waals surface area contributed by atoms with Crippen molar-refractivity contribution >= 4 is 32.7 Å². The van der Waals surface area contributed by atoms with Gasteiger partial charge in [-0.3, -0.25) is 0 Å². The molecule has 2 heterocycles. The van der Waals surface area contributed by atoms with Crippen molar-refractivity contribution in [1.29, 1.82) is 0 Å². The van der Waals surface area contributed by atoms with E-state index in [0.29, 0.717) is 17.5 Å². The van der Waals surface area contributed by atoms with Crippen LogP contribution in [-0.4, -0.2) is 15.0 Å². The average molecular weight is 678 g/mol. The maximum absolute atomic E-state index is 6.36. The molecule has 53 heavy (non-hydrogen) atoms. The monoisotopic (exact) mass is 677 g/mol. The van der Waals surface area contributed by atoms with Gasteiger partial charge in [0.1, 0.15) is 11.2 Å². The van der Waals surface area contributed by atoms with Crippen LogP contribution in [0.3, 0.4) is 0 Å². The molecule has 0 aliphatic carbocycles. The van der Waals surface area contributed by atoms with Gasteiger partial charge in [-0.2, -0.15) is 0 Å². The number of fused-ring (bicyclic) bond motifs is 4. The first kappa shape index (κ1) is 30.6. The van der Waals surface area contributed by atoms with E-state index in [4.69, 9.17) is 19.4 Å². The number of hydrogen-bond donors (Lipinski definition) is 0. The molecule has 10 aromatic rings. The highest BCUT2D eigenvalue weighted by molar-refractivity contribution is 6.15. The first-order valence-corrected chi connectivity index (χ1v) is 17.8. The fourth-order valence-corrected chi connectivity index (χ4v) is 7.23. The van der Waals surface area contributed by atoms with Crippen molar-refractivity contribution < 1.29 is 4.42 Å². The van der Waals surface area contributed by atoms with Crippen molar-refractivity contribution in [1.82, 2.24) is 15.0 Å². The fraction of sp³-hybridized carbons (Fsp3) is 0. The molecule has 0 saturated carbocycles. The van der Waals surface area contributed by atoms with Crippen LogP contribution >= 0.6 is 0 Å². The minimum absolute atomic E-state index is 0.622. The first-order valence-electron chi connectivity index (χ1n) is 17.8. The van der Waals surface area contributed by atoms with Crippen LogP contribution in [0, 0.1) is 0 Å². The molecule has 4 nitrogen and oxygen atoms in total. The summed E-state index contributed by atoms with van der Waals surface area (Å²) < 4.78 is 6.36. The molecule has 248 valence electrons. The molecule has 0 unspecified atom stereocenters. The maximum atomic E-state index is 6.36. The summed E-state index contributed by atoms with van der Waals surface area (Å²) in [5.74, 6) is 1.88. The molecule has 2 aromatic heterocycles.